The molecule has 4 atom stereocenters. The first kappa shape index (κ1) is 16.8. The summed E-state index contributed by atoms with van der Waals surface area (Å²) in [4.78, 5) is 8.37. The molecule has 2 aliphatic heterocycles. The fourth-order valence-electron chi connectivity index (χ4n) is 5.39. The predicted molar refractivity (Wildman–Crippen MR) is 102 cm³/mol. The number of nitrogens with zero attached hydrogens (tertiary/aromatic N) is 2. The van der Waals surface area contributed by atoms with E-state index in [2.05, 4.69) is 39.0 Å². The number of aromatic amines is 1. The van der Waals surface area contributed by atoms with Crippen molar-refractivity contribution in [2.24, 2.45) is 11.8 Å². The quantitative estimate of drug-likeness (QED) is 0.885. The molecular formula is C21H29N3O2. The number of nitrogens with one attached hydrogen (secondary N) is 1. The van der Waals surface area contributed by atoms with Gasteiger partial charge in [-0.2, -0.15) is 0 Å². The number of morpholine rings is 1. The number of ether oxygens (including phenoxy) is 1. The third-order valence-corrected chi connectivity index (χ3v) is 6.73. The molecule has 3 aliphatic rings. The molecule has 140 valence electrons. The predicted octanol–water partition coefficient (Wildman–Crippen LogP) is 2.07. The molecule has 0 unspecified atom stereocenters. The summed E-state index contributed by atoms with van der Waals surface area (Å²) in [5, 5.41) is 12.0. The van der Waals surface area contributed by atoms with Crippen LogP contribution in [0.3, 0.4) is 0 Å². The molecule has 3 heterocycles. The van der Waals surface area contributed by atoms with Crippen LogP contribution < -0.4 is 0 Å². The number of rotatable bonds is 3. The molecule has 0 radical (unpaired) electrons. The molecule has 1 saturated carbocycles. The number of aliphatic hydroxyl groups is 1. The van der Waals surface area contributed by atoms with Gasteiger partial charge in [0.25, 0.3) is 0 Å². The molecule has 2 saturated heterocycles. The topological polar surface area (TPSA) is 51.7 Å². The Balaban J connectivity index is 1.24. The largest absolute Gasteiger partial charge is 0.391 e. The van der Waals surface area contributed by atoms with Crippen LogP contribution in [-0.4, -0.2) is 71.4 Å². The van der Waals surface area contributed by atoms with Crippen LogP contribution in [0.2, 0.25) is 0 Å². The van der Waals surface area contributed by atoms with Crippen molar-refractivity contribution < 1.29 is 9.84 Å². The Morgan fingerprint density at radius 3 is 2.73 bits per heavy atom. The second kappa shape index (κ2) is 6.97. The van der Waals surface area contributed by atoms with Crippen molar-refractivity contribution in [3.63, 3.8) is 0 Å². The lowest BCUT2D eigenvalue weighted by Crippen LogP contribution is -2.53. The molecular weight excluding hydrogens is 326 g/mol. The van der Waals surface area contributed by atoms with Crippen molar-refractivity contribution in [2.75, 3.05) is 39.4 Å². The third kappa shape index (κ3) is 3.18. The summed E-state index contributed by atoms with van der Waals surface area (Å²) in [6.45, 7) is 6.87. The number of H-pyrrole nitrogens is 1. The minimum absolute atomic E-state index is 0.176. The summed E-state index contributed by atoms with van der Waals surface area (Å²) in [6, 6.07) is 9.20. The van der Waals surface area contributed by atoms with Gasteiger partial charge in [0, 0.05) is 50.5 Å². The van der Waals surface area contributed by atoms with Crippen LogP contribution in [0.15, 0.2) is 30.5 Å². The van der Waals surface area contributed by atoms with Gasteiger partial charge in [0.15, 0.2) is 0 Å². The lowest BCUT2D eigenvalue weighted by Gasteiger charge is -2.43. The molecule has 3 fully saturated rings. The zero-order valence-corrected chi connectivity index (χ0v) is 15.3. The number of fused-ring (bicyclic) bond motifs is 2. The molecule has 1 aromatic heterocycles. The van der Waals surface area contributed by atoms with Crippen LogP contribution in [0.1, 0.15) is 18.4 Å². The highest BCUT2D eigenvalue weighted by molar-refractivity contribution is 5.79. The van der Waals surface area contributed by atoms with Gasteiger partial charge in [-0.15, -0.1) is 0 Å². The highest BCUT2D eigenvalue weighted by Gasteiger charge is 2.43. The van der Waals surface area contributed by atoms with Gasteiger partial charge >= 0.3 is 0 Å². The first-order valence-electron chi connectivity index (χ1n) is 10.0. The summed E-state index contributed by atoms with van der Waals surface area (Å²) < 4.78 is 5.49. The zero-order valence-electron chi connectivity index (χ0n) is 15.3. The zero-order chi connectivity index (χ0) is 17.5. The van der Waals surface area contributed by atoms with Crippen LogP contribution >= 0.6 is 0 Å². The molecule has 5 rings (SSSR count). The van der Waals surface area contributed by atoms with Gasteiger partial charge in [0.05, 0.1) is 19.3 Å². The van der Waals surface area contributed by atoms with E-state index in [0.29, 0.717) is 12.0 Å². The number of likely N-dealkylation sites (tertiary alicyclic amines) is 1. The van der Waals surface area contributed by atoms with Crippen LogP contribution in [0, 0.1) is 11.8 Å². The first-order chi connectivity index (χ1) is 12.8. The molecule has 26 heavy (non-hydrogen) atoms. The smallest absolute Gasteiger partial charge is 0.0698 e. The maximum absolute atomic E-state index is 10.7. The summed E-state index contributed by atoms with van der Waals surface area (Å²) in [5.41, 5.74) is 2.60. The van der Waals surface area contributed by atoms with E-state index in [-0.39, 0.29) is 6.10 Å². The van der Waals surface area contributed by atoms with Crippen molar-refractivity contribution in [3.8, 4) is 0 Å². The van der Waals surface area contributed by atoms with Gasteiger partial charge in [-0.05, 0) is 47.8 Å². The lowest BCUT2D eigenvalue weighted by molar-refractivity contribution is -0.0520. The average Bonchev–Trinajstić information content (AvgIpc) is 3.27. The van der Waals surface area contributed by atoms with Gasteiger partial charge < -0.3 is 14.8 Å². The van der Waals surface area contributed by atoms with E-state index in [9.17, 15) is 5.11 Å². The van der Waals surface area contributed by atoms with E-state index >= 15 is 0 Å². The van der Waals surface area contributed by atoms with Crippen molar-refractivity contribution in [1.82, 2.24) is 14.8 Å². The van der Waals surface area contributed by atoms with Crippen molar-refractivity contribution >= 4 is 10.9 Å². The average molecular weight is 355 g/mol. The Morgan fingerprint density at radius 1 is 1.08 bits per heavy atom. The highest BCUT2D eigenvalue weighted by atomic mass is 16.5. The van der Waals surface area contributed by atoms with Gasteiger partial charge in [0.2, 0.25) is 0 Å². The number of benzene rings is 1. The maximum atomic E-state index is 10.7. The van der Waals surface area contributed by atoms with Crippen molar-refractivity contribution in [1.29, 1.82) is 0 Å². The number of aliphatic hydroxyl groups excluding tert-OH is 1. The Hall–Kier alpha value is -1.40. The van der Waals surface area contributed by atoms with E-state index in [0.717, 1.165) is 58.2 Å². The Kier molecular flexibility index (Phi) is 4.49. The van der Waals surface area contributed by atoms with E-state index in [1.807, 2.05) is 6.20 Å². The molecule has 1 aliphatic carbocycles. The third-order valence-electron chi connectivity index (χ3n) is 6.73. The van der Waals surface area contributed by atoms with Crippen LogP contribution in [0.5, 0.6) is 0 Å². The SMILES string of the molecule is O[C@@H]1C[C@H]2CN(Cc3ccc4cc[nH]c4c3)C[C@H]2C[C@H]1N1CCOCC1. The monoisotopic (exact) mass is 355 g/mol. The van der Waals surface area contributed by atoms with Gasteiger partial charge in [-0.1, -0.05) is 12.1 Å². The van der Waals surface area contributed by atoms with Gasteiger partial charge in [-0.25, -0.2) is 0 Å². The Morgan fingerprint density at radius 2 is 1.88 bits per heavy atom. The molecule has 5 nitrogen and oxygen atoms in total. The molecule has 0 bridgehead atoms. The second-order valence-corrected chi connectivity index (χ2v) is 8.37. The summed E-state index contributed by atoms with van der Waals surface area (Å²) in [6.07, 6.45) is 3.92. The van der Waals surface area contributed by atoms with Crippen molar-refractivity contribution in [3.05, 3.63) is 36.0 Å². The van der Waals surface area contributed by atoms with E-state index in [1.165, 1.54) is 23.0 Å². The first-order valence-corrected chi connectivity index (χ1v) is 10.0. The van der Waals surface area contributed by atoms with E-state index in [4.69, 9.17) is 4.74 Å². The van der Waals surface area contributed by atoms with Crippen LogP contribution in [-0.2, 0) is 11.3 Å². The number of hydrogen-bond donors (Lipinski definition) is 2. The minimum atomic E-state index is -0.176. The second-order valence-electron chi connectivity index (χ2n) is 8.37. The molecule has 2 N–H and O–H groups in total. The van der Waals surface area contributed by atoms with Crippen molar-refractivity contribution in [2.45, 2.75) is 31.5 Å². The van der Waals surface area contributed by atoms with E-state index < -0.39 is 0 Å². The summed E-state index contributed by atoms with van der Waals surface area (Å²) in [7, 11) is 0. The molecule has 0 spiro atoms. The lowest BCUT2D eigenvalue weighted by atomic mass is 9.77. The van der Waals surface area contributed by atoms with E-state index in [1.54, 1.807) is 0 Å². The highest BCUT2D eigenvalue weighted by Crippen LogP contribution is 2.39. The number of aromatic nitrogens is 1. The molecule has 0 amide bonds. The normalized spacial score (nSPS) is 33.6. The fraction of sp³-hybridized carbons (Fsp3) is 0.619. The standard InChI is InChI=1S/C21H29N3O2/c25-21-11-18-14-23(12-15-1-2-16-3-4-22-19(16)9-15)13-17(18)10-20(21)24-5-7-26-8-6-24/h1-4,9,17-18,20-22,25H,5-8,10-14H2/t17-,18+,20-,21-/m1/s1. The fourth-order valence-corrected chi connectivity index (χ4v) is 5.39. The number of hydrogen-bond acceptors (Lipinski definition) is 4. The minimum Gasteiger partial charge on any atom is -0.391 e. The Bertz CT molecular complexity index is 755. The maximum Gasteiger partial charge on any atom is 0.0698 e. The molecule has 2 aromatic rings. The van der Waals surface area contributed by atoms with Crippen LogP contribution in [0.25, 0.3) is 10.9 Å². The van der Waals surface area contributed by atoms with Gasteiger partial charge in [-0.3, -0.25) is 9.80 Å². The molecule has 1 aromatic carbocycles. The summed E-state index contributed by atoms with van der Waals surface area (Å²) >= 11 is 0. The molecule has 5 heteroatoms. The van der Waals surface area contributed by atoms with Gasteiger partial charge in [0.1, 0.15) is 0 Å². The van der Waals surface area contributed by atoms with Crippen LogP contribution in [0.4, 0.5) is 0 Å². The Labute approximate surface area is 154 Å². The summed E-state index contributed by atoms with van der Waals surface area (Å²) in [5.74, 6) is 1.37.